The number of hydrogen-bond donors (Lipinski definition) is 2. The van der Waals surface area contributed by atoms with Gasteiger partial charge in [-0.15, -0.1) is 11.3 Å². The van der Waals surface area contributed by atoms with Crippen molar-refractivity contribution in [2.45, 2.75) is 49.3 Å². The summed E-state index contributed by atoms with van der Waals surface area (Å²) in [6.07, 6.45) is 1.72. The van der Waals surface area contributed by atoms with Crippen LogP contribution in [0.2, 0.25) is 0 Å². The van der Waals surface area contributed by atoms with Gasteiger partial charge in [0.05, 0.1) is 0 Å². The molecule has 0 radical (unpaired) electrons. The van der Waals surface area contributed by atoms with Gasteiger partial charge in [-0.05, 0) is 43.5 Å². The van der Waals surface area contributed by atoms with E-state index in [1.807, 2.05) is 6.07 Å². The van der Waals surface area contributed by atoms with Crippen LogP contribution in [0, 0.1) is 0 Å². The molecule has 6 heteroatoms. The number of piperidine rings is 1. The van der Waals surface area contributed by atoms with Crippen LogP contribution >= 0.6 is 11.3 Å². The van der Waals surface area contributed by atoms with E-state index in [2.05, 4.69) is 30.8 Å². The Kier molecular flexibility index (Phi) is 4.35. The lowest BCUT2D eigenvalue weighted by Gasteiger charge is -2.23. The van der Waals surface area contributed by atoms with Crippen LogP contribution in [0.1, 0.15) is 38.5 Å². The summed E-state index contributed by atoms with van der Waals surface area (Å²) in [5, 5.41) is 3.23. The molecule has 1 fully saturated rings. The Hall–Kier alpha value is -0.430. The van der Waals surface area contributed by atoms with Crippen LogP contribution in [0.4, 0.5) is 0 Å². The first-order valence-corrected chi connectivity index (χ1v) is 8.92. The largest absolute Gasteiger partial charge is 0.317 e. The second-order valence-electron chi connectivity index (χ2n) is 6.01. The molecule has 0 bridgehead atoms. The summed E-state index contributed by atoms with van der Waals surface area (Å²) in [6.45, 7) is 8.04. The van der Waals surface area contributed by atoms with Crippen molar-refractivity contribution in [1.29, 1.82) is 0 Å². The fourth-order valence-electron chi connectivity index (χ4n) is 2.08. The quantitative estimate of drug-likeness (QED) is 0.899. The third kappa shape index (κ3) is 3.78. The van der Waals surface area contributed by atoms with E-state index in [1.54, 1.807) is 6.07 Å². The third-order valence-electron chi connectivity index (χ3n) is 3.25. The molecule has 2 rings (SSSR count). The molecule has 0 unspecified atom stereocenters. The van der Waals surface area contributed by atoms with Crippen molar-refractivity contribution in [2.24, 2.45) is 0 Å². The molecular weight excluding hydrogens is 280 g/mol. The van der Waals surface area contributed by atoms with Gasteiger partial charge in [0.1, 0.15) is 4.21 Å². The number of thiophene rings is 1. The molecule has 1 aromatic rings. The van der Waals surface area contributed by atoms with Gasteiger partial charge in [-0.2, -0.15) is 0 Å². The number of hydrogen-bond acceptors (Lipinski definition) is 4. The summed E-state index contributed by atoms with van der Waals surface area (Å²) in [7, 11) is -3.36. The highest BCUT2D eigenvalue weighted by Gasteiger charge is 2.25. The highest BCUT2D eigenvalue weighted by molar-refractivity contribution is 7.91. The SMILES string of the molecule is CC(C)(C)c1ccc(S(=O)(=O)NC2CCNCC2)s1. The maximum atomic E-state index is 12.3. The molecule has 19 heavy (non-hydrogen) atoms. The van der Waals surface area contributed by atoms with Crippen LogP contribution in [-0.2, 0) is 15.4 Å². The van der Waals surface area contributed by atoms with E-state index in [-0.39, 0.29) is 11.5 Å². The van der Waals surface area contributed by atoms with Gasteiger partial charge in [0, 0.05) is 10.9 Å². The molecule has 0 aliphatic carbocycles. The maximum Gasteiger partial charge on any atom is 0.250 e. The minimum atomic E-state index is -3.36. The molecule has 1 aromatic heterocycles. The van der Waals surface area contributed by atoms with Gasteiger partial charge < -0.3 is 5.32 Å². The van der Waals surface area contributed by atoms with Crippen molar-refractivity contribution >= 4 is 21.4 Å². The fourth-order valence-corrected chi connectivity index (χ4v) is 4.77. The Balaban J connectivity index is 2.13. The zero-order valence-corrected chi connectivity index (χ0v) is 13.3. The zero-order valence-electron chi connectivity index (χ0n) is 11.7. The Morgan fingerprint density at radius 1 is 1.26 bits per heavy atom. The molecule has 0 saturated carbocycles. The molecule has 0 spiro atoms. The predicted octanol–water partition coefficient (Wildman–Crippen LogP) is 2.08. The molecular formula is C13H22N2O2S2. The monoisotopic (exact) mass is 302 g/mol. The normalized spacial score (nSPS) is 18.7. The maximum absolute atomic E-state index is 12.3. The molecule has 2 N–H and O–H groups in total. The summed E-state index contributed by atoms with van der Waals surface area (Å²) >= 11 is 1.37. The average Bonchev–Trinajstić information content (AvgIpc) is 2.79. The van der Waals surface area contributed by atoms with Gasteiger partial charge in [0.15, 0.2) is 0 Å². The Labute approximate surface area is 119 Å². The van der Waals surface area contributed by atoms with Crippen LogP contribution in [0.5, 0.6) is 0 Å². The van der Waals surface area contributed by atoms with Crippen molar-refractivity contribution in [3.63, 3.8) is 0 Å². The first-order chi connectivity index (χ1) is 8.79. The molecule has 0 atom stereocenters. The molecule has 4 nitrogen and oxygen atoms in total. The first-order valence-electron chi connectivity index (χ1n) is 6.62. The first kappa shape index (κ1) is 15.0. The smallest absolute Gasteiger partial charge is 0.250 e. The number of nitrogens with one attached hydrogen (secondary N) is 2. The van der Waals surface area contributed by atoms with Crippen LogP contribution in [0.15, 0.2) is 16.3 Å². The van der Waals surface area contributed by atoms with E-state index in [4.69, 9.17) is 0 Å². The molecule has 0 amide bonds. The molecule has 1 aliphatic heterocycles. The van der Waals surface area contributed by atoms with Gasteiger partial charge in [-0.25, -0.2) is 13.1 Å². The molecule has 108 valence electrons. The number of sulfonamides is 1. The summed E-state index contributed by atoms with van der Waals surface area (Å²) in [5.74, 6) is 0. The van der Waals surface area contributed by atoms with Gasteiger partial charge in [-0.3, -0.25) is 0 Å². The molecule has 2 heterocycles. The van der Waals surface area contributed by atoms with Crippen molar-refractivity contribution in [3.8, 4) is 0 Å². The average molecular weight is 302 g/mol. The number of rotatable bonds is 3. The van der Waals surface area contributed by atoms with Gasteiger partial charge in [-0.1, -0.05) is 20.8 Å². The summed E-state index contributed by atoms with van der Waals surface area (Å²) < 4.78 is 27.9. The lowest BCUT2D eigenvalue weighted by Crippen LogP contribution is -2.42. The summed E-state index contributed by atoms with van der Waals surface area (Å²) in [6, 6.07) is 3.70. The summed E-state index contributed by atoms with van der Waals surface area (Å²) in [5.41, 5.74) is -0.00675. The lowest BCUT2D eigenvalue weighted by atomic mass is 9.95. The molecule has 1 saturated heterocycles. The van der Waals surface area contributed by atoms with Gasteiger partial charge in [0.2, 0.25) is 10.0 Å². The lowest BCUT2D eigenvalue weighted by molar-refractivity contribution is 0.427. The summed E-state index contributed by atoms with van der Waals surface area (Å²) in [4.78, 5) is 1.10. The van der Waals surface area contributed by atoms with Crippen molar-refractivity contribution in [1.82, 2.24) is 10.0 Å². The van der Waals surface area contributed by atoms with Crippen LogP contribution < -0.4 is 10.0 Å². The standard InChI is InChI=1S/C13H22N2O2S2/c1-13(2,3)11-4-5-12(18-11)19(16,17)15-10-6-8-14-9-7-10/h4-5,10,14-15H,6-9H2,1-3H3. The van der Waals surface area contributed by atoms with Crippen LogP contribution in [0.3, 0.4) is 0 Å². The third-order valence-corrected chi connectivity index (χ3v) is 6.77. The Morgan fingerprint density at radius 2 is 1.89 bits per heavy atom. The highest BCUT2D eigenvalue weighted by Crippen LogP contribution is 2.31. The van der Waals surface area contributed by atoms with Crippen molar-refractivity contribution < 1.29 is 8.42 Å². The Bertz CT molecular complexity index is 523. The highest BCUT2D eigenvalue weighted by atomic mass is 32.2. The van der Waals surface area contributed by atoms with E-state index < -0.39 is 10.0 Å². The Morgan fingerprint density at radius 3 is 2.42 bits per heavy atom. The predicted molar refractivity (Wildman–Crippen MR) is 79.2 cm³/mol. The van der Waals surface area contributed by atoms with E-state index in [0.29, 0.717) is 4.21 Å². The van der Waals surface area contributed by atoms with Gasteiger partial charge in [0.25, 0.3) is 0 Å². The van der Waals surface area contributed by atoms with Crippen LogP contribution in [0.25, 0.3) is 0 Å². The second kappa shape index (κ2) is 5.52. The van der Waals surface area contributed by atoms with E-state index in [0.717, 1.165) is 30.8 Å². The minimum absolute atomic E-state index is 0.00675. The topological polar surface area (TPSA) is 58.2 Å². The molecule has 1 aliphatic rings. The minimum Gasteiger partial charge on any atom is -0.317 e. The van der Waals surface area contributed by atoms with Crippen molar-refractivity contribution in [2.75, 3.05) is 13.1 Å². The zero-order chi connectivity index (χ0) is 14.1. The van der Waals surface area contributed by atoms with E-state index in [1.165, 1.54) is 11.3 Å². The van der Waals surface area contributed by atoms with E-state index in [9.17, 15) is 8.42 Å². The second-order valence-corrected chi connectivity index (χ2v) is 9.04. The van der Waals surface area contributed by atoms with Gasteiger partial charge >= 0.3 is 0 Å². The molecule has 0 aromatic carbocycles. The van der Waals surface area contributed by atoms with Crippen LogP contribution in [-0.4, -0.2) is 27.5 Å². The van der Waals surface area contributed by atoms with E-state index >= 15 is 0 Å². The van der Waals surface area contributed by atoms with Crippen molar-refractivity contribution in [3.05, 3.63) is 17.0 Å². The fraction of sp³-hybridized carbons (Fsp3) is 0.692.